The van der Waals surface area contributed by atoms with Crippen molar-refractivity contribution >= 4 is 53.9 Å². The molecule has 0 aliphatic heterocycles. The maximum absolute atomic E-state index is 14.5. The summed E-state index contributed by atoms with van der Waals surface area (Å²) in [4.78, 5) is 9.52. The fourth-order valence-electron chi connectivity index (χ4n) is 1.19. The zero-order chi connectivity index (χ0) is 16.9. The molecule has 0 aromatic carbocycles. The van der Waals surface area contributed by atoms with Gasteiger partial charge in [0.2, 0.25) is 6.34 Å². The molecular formula is C8H19F2O5P3S3. The van der Waals surface area contributed by atoms with Crippen LogP contribution in [-0.2, 0) is 18.0 Å². The van der Waals surface area contributed by atoms with Crippen LogP contribution in [0.1, 0.15) is 20.8 Å². The average molecular weight is 422 g/mol. The molecule has 5 nitrogen and oxygen atoms in total. The van der Waals surface area contributed by atoms with Gasteiger partial charge >= 0.3 is 18.8 Å². The minimum atomic E-state index is -4.96. The van der Waals surface area contributed by atoms with E-state index in [4.69, 9.17) is 0 Å². The Morgan fingerprint density at radius 3 is 1.81 bits per heavy atom. The van der Waals surface area contributed by atoms with Crippen molar-refractivity contribution in [3.63, 3.8) is 0 Å². The molecule has 3 unspecified atom stereocenters. The highest BCUT2D eigenvalue weighted by Crippen LogP contribution is 2.89. The molecule has 0 bridgehead atoms. The molecule has 0 aliphatic carbocycles. The first-order valence-electron chi connectivity index (χ1n) is 5.92. The summed E-state index contributed by atoms with van der Waals surface area (Å²) < 4.78 is 69.8. The number of hydrogen-bond donors (Lipinski definition) is 1. The lowest BCUT2D eigenvalue weighted by Gasteiger charge is -2.30. The molecule has 13 heteroatoms. The van der Waals surface area contributed by atoms with E-state index in [2.05, 4.69) is 4.31 Å². The quantitative estimate of drug-likeness (QED) is 0.429. The lowest BCUT2D eigenvalue weighted by atomic mass is 11.0. The molecular weight excluding hydrogens is 403 g/mol. The number of hydrogen-bond acceptors (Lipinski definition) is 7. The van der Waals surface area contributed by atoms with Gasteiger partial charge in [-0.1, -0.05) is 43.5 Å². The largest absolute Gasteiger partial charge is 0.392 e. The van der Waals surface area contributed by atoms with Crippen LogP contribution in [-0.4, -0.2) is 34.2 Å². The monoisotopic (exact) mass is 422 g/mol. The van der Waals surface area contributed by atoms with Crippen molar-refractivity contribution < 1.29 is 31.7 Å². The Morgan fingerprint density at radius 2 is 1.43 bits per heavy atom. The van der Waals surface area contributed by atoms with Crippen molar-refractivity contribution in [1.82, 2.24) is 0 Å². The standard InChI is InChI=1S/C8H19F2O5P3S3/c1-5-19-16(4,11)8(9,10)17(12,20-6-2)15-18(13,14)21-7-3/h5-7H2,1-4H3,(H,13,14). The van der Waals surface area contributed by atoms with Crippen LogP contribution >= 0.6 is 53.9 Å². The summed E-state index contributed by atoms with van der Waals surface area (Å²) in [6.45, 7) is -4.11. The lowest BCUT2D eigenvalue weighted by molar-refractivity contribution is 0.170. The molecule has 1 N–H and O–H groups in total. The Morgan fingerprint density at radius 1 is 1.00 bits per heavy atom. The van der Waals surface area contributed by atoms with E-state index >= 15 is 0 Å². The third kappa shape index (κ3) is 5.82. The van der Waals surface area contributed by atoms with Gasteiger partial charge in [-0.2, -0.15) is 8.78 Å². The van der Waals surface area contributed by atoms with Crippen molar-refractivity contribution in [2.24, 2.45) is 0 Å². The van der Waals surface area contributed by atoms with E-state index in [1.807, 2.05) is 0 Å². The van der Waals surface area contributed by atoms with Crippen molar-refractivity contribution in [3.8, 4) is 0 Å². The Kier molecular flexibility index (Phi) is 9.19. The molecule has 0 rings (SSSR count). The third-order valence-corrected chi connectivity index (χ3v) is 18.4. The van der Waals surface area contributed by atoms with Crippen LogP contribution in [0.3, 0.4) is 0 Å². The molecule has 0 radical (unpaired) electrons. The minimum absolute atomic E-state index is 0.0273. The van der Waals surface area contributed by atoms with Gasteiger partial charge in [0.1, 0.15) is 0 Å². The second-order valence-electron chi connectivity index (χ2n) is 3.66. The van der Waals surface area contributed by atoms with Crippen molar-refractivity contribution in [2.45, 2.75) is 26.2 Å². The first-order chi connectivity index (χ1) is 9.39. The van der Waals surface area contributed by atoms with E-state index in [1.165, 1.54) is 13.8 Å². The second-order valence-corrected chi connectivity index (χ2v) is 19.2. The van der Waals surface area contributed by atoms with Crippen molar-refractivity contribution in [3.05, 3.63) is 0 Å². The molecule has 3 atom stereocenters. The fraction of sp³-hybridized carbons (Fsp3) is 1.00. The van der Waals surface area contributed by atoms with E-state index < -0.39 is 25.1 Å². The van der Waals surface area contributed by atoms with Crippen molar-refractivity contribution in [1.29, 1.82) is 0 Å². The summed E-state index contributed by atoms with van der Waals surface area (Å²) >= 11 is 1.14. The van der Waals surface area contributed by atoms with E-state index in [1.54, 1.807) is 6.92 Å². The molecule has 21 heavy (non-hydrogen) atoms. The number of alkyl halides is 2. The molecule has 0 aromatic rings. The summed E-state index contributed by atoms with van der Waals surface area (Å²) in [5, 5.41) is -4.17. The van der Waals surface area contributed by atoms with Crippen LogP contribution in [0.2, 0.25) is 0 Å². The van der Waals surface area contributed by atoms with Crippen LogP contribution in [0, 0.1) is 0 Å². The van der Waals surface area contributed by atoms with Crippen LogP contribution in [0.15, 0.2) is 0 Å². The van der Waals surface area contributed by atoms with Crippen LogP contribution in [0.25, 0.3) is 0 Å². The van der Waals surface area contributed by atoms with E-state index in [0.29, 0.717) is 22.8 Å². The number of halogens is 2. The molecule has 0 aliphatic rings. The molecule has 128 valence electrons. The first kappa shape index (κ1) is 22.5. The normalized spacial score (nSPS) is 21.3. The van der Waals surface area contributed by atoms with Crippen LogP contribution in [0.4, 0.5) is 8.78 Å². The topological polar surface area (TPSA) is 80.7 Å². The highest BCUT2D eigenvalue weighted by molar-refractivity contribution is 8.66. The predicted molar refractivity (Wildman–Crippen MR) is 91.4 cm³/mol. The molecule has 0 spiro atoms. The van der Waals surface area contributed by atoms with Crippen LogP contribution < -0.4 is 0 Å². The fourth-order valence-corrected chi connectivity index (χ4v) is 17.8. The zero-order valence-corrected chi connectivity index (χ0v) is 17.2. The summed E-state index contributed by atoms with van der Waals surface area (Å²) in [6, 6.07) is 0. The third-order valence-electron chi connectivity index (χ3n) is 2.00. The smallest absolute Gasteiger partial charge is 0.316 e. The summed E-state index contributed by atoms with van der Waals surface area (Å²) in [5.41, 5.74) is 0. The maximum Gasteiger partial charge on any atom is 0.392 e. The Bertz CT molecular complexity index is 490. The van der Waals surface area contributed by atoms with Gasteiger partial charge in [-0.15, -0.1) is 0 Å². The molecule has 0 heterocycles. The number of rotatable bonds is 10. The average Bonchev–Trinajstić information content (AvgIpc) is 2.27. The van der Waals surface area contributed by atoms with Crippen LogP contribution in [0.5, 0.6) is 0 Å². The maximum atomic E-state index is 14.5. The van der Waals surface area contributed by atoms with Gasteiger partial charge in [-0.05, 0) is 22.9 Å². The molecule has 0 saturated heterocycles. The Labute approximate surface area is 135 Å². The van der Waals surface area contributed by atoms with E-state index in [9.17, 15) is 27.4 Å². The Balaban J connectivity index is 5.70. The summed E-state index contributed by atoms with van der Waals surface area (Å²) in [5.74, 6) is 0.241. The van der Waals surface area contributed by atoms with E-state index in [0.717, 1.165) is 6.66 Å². The van der Waals surface area contributed by atoms with Crippen molar-refractivity contribution in [2.75, 3.05) is 23.9 Å². The minimum Gasteiger partial charge on any atom is -0.316 e. The van der Waals surface area contributed by atoms with Gasteiger partial charge in [-0.25, -0.2) is 8.88 Å². The molecule has 0 saturated carbocycles. The van der Waals surface area contributed by atoms with E-state index in [-0.39, 0.29) is 28.6 Å². The molecule has 0 aromatic heterocycles. The highest BCUT2D eigenvalue weighted by atomic mass is 32.8. The SMILES string of the molecule is CCSP(=O)(O)OP(=O)(SCC)C(F)(F)P(C)(=O)SCC. The van der Waals surface area contributed by atoms with Gasteiger partial charge in [0.25, 0.3) is 0 Å². The summed E-state index contributed by atoms with van der Waals surface area (Å²) in [7, 11) is 0. The predicted octanol–water partition coefficient (Wildman–Crippen LogP) is 6.01. The zero-order valence-electron chi connectivity index (χ0n) is 12.0. The molecule has 0 amide bonds. The highest BCUT2D eigenvalue weighted by Gasteiger charge is 2.64. The van der Waals surface area contributed by atoms with Gasteiger partial charge in [0.05, 0.1) is 0 Å². The lowest BCUT2D eigenvalue weighted by Crippen LogP contribution is -2.15. The van der Waals surface area contributed by atoms with Gasteiger partial charge in [-0.3, -0.25) is 4.57 Å². The second kappa shape index (κ2) is 8.57. The van der Waals surface area contributed by atoms with Gasteiger partial charge in [0.15, 0.2) is 0 Å². The van der Waals surface area contributed by atoms with Gasteiger partial charge in [0, 0.05) is 12.4 Å². The summed E-state index contributed by atoms with van der Waals surface area (Å²) in [6.07, 6.45) is -4.22. The first-order valence-corrected chi connectivity index (χ1v) is 16.0. The Hall–Kier alpha value is 1.52. The van der Waals surface area contributed by atoms with Gasteiger partial charge < -0.3 is 9.46 Å². The molecule has 0 fully saturated rings.